The summed E-state index contributed by atoms with van der Waals surface area (Å²) in [7, 11) is 0. The lowest BCUT2D eigenvalue weighted by Crippen LogP contribution is -2.48. The fraction of sp³-hybridized carbons (Fsp3) is 0.588. The molecular weight excluding hydrogens is 266 g/mol. The first kappa shape index (κ1) is 14.4. The van der Waals surface area contributed by atoms with Crippen LogP contribution in [0.15, 0.2) is 24.3 Å². The molecule has 114 valence electrons. The summed E-state index contributed by atoms with van der Waals surface area (Å²) in [5.41, 5.74) is 1.92. The van der Waals surface area contributed by atoms with Crippen LogP contribution in [-0.4, -0.2) is 29.2 Å². The monoisotopic (exact) mass is 289 g/mol. The van der Waals surface area contributed by atoms with Gasteiger partial charge in [0.05, 0.1) is 12.6 Å². The van der Waals surface area contributed by atoms with E-state index in [1.165, 1.54) is 16.0 Å². The van der Waals surface area contributed by atoms with E-state index in [0.717, 1.165) is 12.8 Å². The Hall–Kier alpha value is -1.55. The van der Waals surface area contributed by atoms with Gasteiger partial charge in [0.1, 0.15) is 5.60 Å². The van der Waals surface area contributed by atoms with Crippen molar-refractivity contribution >= 4 is 6.09 Å². The minimum atomic E-state index is -0.852. The molecule has 21 heavy (non-hydrogen) atoms. The molecule has 0 aliphatic carbocycles. The van der Waals surface area contributed by atoms with Gasteiger partial charge in [-0.3, -0.25) is 0 Å². The van der Waals surface area contributed by atoms with Crippen molar-refractivity contribution in [2.24, 2.45) is 5.41 Å². The first-order valence-corrected chi connectivity index (χ1v) is 7.59. The highest BCUT2D eigenvalue weighted by atomic mass is 16.5. The number of nitrogens with zero attached hydrogens (tertiary/aromatic N) is 1. The van der Waals surface area contributed by atoms with Crippen LogP contribution in [0.2, 0.25) is 0 Å². The van der Waals surface area contributed by atoms with Crippen molar-refractivity contribution in [3.05, 3.63) is 35.4 Å². The third-order valence-corrected chi connectivity index (χ3v) is 4.59. The first-order valence-electron chi connectivity index (χ1n) is 7.59. The van der Waals surface area contributed by atoms with Crippen LogP contribution in [-0.2, 0) is 10.3 Å². The number of rotatable bonds is 0. The molecule has 1 spiro atoms. The number of fused-ring (bicyclic) bond motifs is 2. The first-order chi connectivity index (χ1) is 9.83. The number of benzene rings is 1. The Balaban J connectivity index is 2.03. The summed E-state index contributed by atoms with van der Waals surface area (Å²) < 4.78 is 6.50. The van der Waals surface area contributed by atoms with Gasteiger partial charge >= 0.3 is 6.09 Å². The standard InChI is InChI=1S/C17H23NO3/c1-16(2,3)14-12-7-4-5-8-13(12)17(21-14)9-6-10-18(11-17)15(19)20/h4-5,7-8,14H,6,9-11H2,1-3H3,(H,19,20). The highest BCUT2D eigenvalue weighted by molar-refractivity contribution is 5.65. The number of ether oxygens (including phenoxy) is 1. The zero-order valence-corrected chi connectivity index (χ0v) is 12.9. The molecule has 1 aromatic rings. The molecule has 1 N–H and O–H groups in total. The van der Waals surface area contributed by atoms with Crippen molar-refractivity contribution < 1.29 is 14.6 Å². The quantitative estimate of drug-likeness (QED) is 0.791. The van der Waals surface area contributed by atoms with E-state index in [2.05, 4.69) is 32.9 Å². The second-order valence-electron chi connectivity index (χ2n) is 7.25. The third-order valence-electron chi connectivity index (χ3n) is 4.59. The van der Waals surface area contributed by atoms with Crippen LogP contribution in [0.1, 0.15) is 50.8 Å². The van der Waals surface area contributed by atoms with Crippen molar-refractivity contribution in [2.45, 2.75) is 45.3 Å². The van der Waals surface area contributed by atoms with Crippen LogP contribution in [0.4, 0.5) is 4.79 Å². The second-order valence-corrected chi connectivity index (χ2v) is 7.25. The highest BCUT2D eigenvalue weighted by Gasteiger charge is 2.50. The summed E-state index contributed by atoms with van der Waals surface area (Å²) in [6.45, 7) is 7.55. The van der Waals surface area contributed by atoms with E-state index >= 15 is 0 Å². The molecule has 2 heterocycles. The van der Waals surface area contributed by atoms with Gasteiger partial charge in [-0.25, -0.2) is 4.79 Å². The Kier molecular flexibility index (Phi) is 3.24. The normalized spacial score (nSPS) is 28.7. The Morgan fingerprint density at radius 1 is 1.38 bits per heavy atom. The van der Waals surface area contributed by atoms with Gasteiger partial charge in [0, 0.05) is 6.54 Å². The predicted octanol–water partition coefficient (Wildman–Crippen LogP) is 3.77. The molecule has 2 atom stereocenters. The number of carbonyl (C=O) groups is 1. The van der Waals surface area contributed by atoms with Crippen LogP contribution in [0.25, 0.3) is 0 Å². The summed E-state index contributed by atoms with van der Waals surface area (Å²) >= 11 is 0. The molecule has 1 aromatic carbocycles. The van der Waals surface area contributed by atoms with E-state index in [1.54, 1.807) is 0 Å². The van der Waals surface area contributed by atoms with E-state index in [0.29, 0.717) is 13.1 Å². The molecule has 0 radical (unpaired) electrons. The van der Waals surface area contributed by atoms with Crippen molar-refractivity contribution in [2.75, 3.05) is 13.1 Å². The Morgan fingerprint density at radius 3 is 2.76 bits per heavy atom. The van der Waals surface area contributed by atoms with Gasteiger partial charge in [-0.1, -0.05) is 45.0 Å². The van der Waals surface area contributed by atoms with E-state index in [9.17, 15) is 9.90 Å². The average Bonchev–Trinajstić information content (AvgIpc) is 2.74. The molecule has 4 nitrogen and oxygen atoms in total. The van der Waals surface area contributed by atoms with E-state index in [-0.39, 0.29) is 11.5 Å². The molecule has 2 aliphatic rings. The maximum atomic E-state index is 11.4. The van der Waals surface area contributed by atoms with Crippen LogP contribution < -0.4 is 0 Å². The highest BCUT2D eigenvalue weighted by Crippen LogP contribution is 2.53. The van der Waals surface area contributed by atoms with Gasteiger partial charge in [-0.2, -0.15) is 0 Å². The van der Waals surface area contributed by atoms with Gasteiger partial charge in [0.2, 0.25) is 0 Å². The van der Waals surface area contributed by atoms with Crippen molar-refractivity contribution in [3.63, 3.8) is 0 Å². The van der Waals surface area contributed by atoms with Crippen molar-refractivity contribution in [3.8, 4) is 0 Å². The molecule has 1 saturated heterocycles. The Morgan fingerprint density at radius 2 is 2.10 bits per heavy atom. The number of carboxylic acid groups (broad SMARTS) is 1. The van der Waals surface area contributed by atoms with E-state index < -0.39 is 11.7 Å². The molecule has 0 saturated carbocycles. The van der Waals surface area contributed by atoms with E-state index in [1.807, 2.05) is 12.1 Å². The summed E-state index contributed by atoms with van der Waals surface area (Å²) in [5, 5.41) is 9.33. The third kappa shape index (κ3) is 2.31. The molecule has 1 fully saturated rings. The molecule has 3 rings (SSSR count). The maximum Gasteiger partial charge on any atom is 0.407 e. The summed E-state index contributed by atoms with van der Waals surface area (Å²) in [4.78, 5) is 12.8. The Bertz CT molecular complexity index is 563. The Labute approximate surface area is 125 Å². The van der Waals surface area contributed by atoms with Crippen LogP contribution in [0.3, 0.4) is 0 Å². The molecule has 2 unspecified atom stereocenters. The summed E-state index contributed by atoms with van der Waals surface area (Å²) in [5.74, 6) is 0. The lowest BCUT2D eigenvalue weighted by molar-refractivity contribution is -0.140. The zero-order chi connectivity index (χ0) is 15.3. The molecule has 0 bridgehead atoms. The average molecular weight is 289 g/mol. The van der Waals surface area contributed by atoms with Gasteiger partial charge < -0.3 is 14.7 Å². The van der Waals surface area contributed by atoms with Gasteiger partial charge in [-0.05, 0) is 29.4 Å². The zero-order valence-electron chi connectivity index (χ0n) is 12.9. The lowest BCUT2D eigenvalue weighted by atomic mass is 9.81. The summed E-state index contributed by atoms with van der Waals surface area (Å²) in [6.07, 6.45) is 0.898. The minimum Gasteiger partial charge on any atom is -0.465 e. The minimum absolute atomic E-state index is 0.00883. The largest absolute Gasteiger partial charge is 0.465 e. The van der Waals surface area contributed by atoms with Crippen molar-refractivity contribution in [1.82, 2.24) is 4.90 Å². The number of hydrogen-bond acceptors (Lipinski definition) is 2. The number of amides is 1. The maximum absolute atomic E-state index is 11.4. The fourth-order valence-corrected chi connectivity index (χ4v) is 3.64. The molecule has 1 amide bonds. The van der Waals surface area contributed by atoms with Gasteiger partial charge in [0.15, 0.2) is 0 Å². The van der Waals surface area contributed by atoms with Gasteiger partial charge in [0.25, 0.3) is 0 Å². The SMILES string of the molecule is CC(C)(C)C1OC2(CCCN(C(=O)O)C2)c2ccccc21. The van der Waals surface area contributed by atoms with Gasteiger partial charge in [-0.15, -0.1) is 0 Å². The smallest absolute Gasteiger partial charge is 0.407 e. The van der Waals surface area contributed by atoms with Crippen LogP contribution in [0, 0.1) is 5.41 Å². The molecule has 4 heteroatoms. The van der Waals surface area contributed by atoms with E-state index in [4.69, 9.17) is 4.74 Å². The number of likely N-dealkylation sites (tertiary alicyclic amines) is 1. The molecular formula is C17H23NO3. The molecule has 0 aromatic heterocycles. The predicted molar refractivity (Wildman–Crippen MR) is 80.2 cm³/mol. The summed E-state index contributed by atoms with van der Waals surface area (Å²) in [6, 6.07) is 8.29. The van der Waals surface area contributed by atoms with Crippen LogP contribution in [0.5, 0.6) is 0 Å². The fourth-order valence-electron chi connectivity index (χ4n) is 3.64. The lowest BCUT2D eigenvalue weighted by Gasteiger charge is -2.40. The second kappa shape index (κ2) is 4.73. The number of hydrogen-bond donors (Lipinski definition) is 1. The van der Waals surface area contributed by atoms with Crippen LogP contribution >= 0.6 is 0 Å². The topological polar surface area (TPSA) is 49.8 Å². The number of piperidine rings is 1. The van der Waals surface area contributed by atoms with Crippen molar-refractivity contribution in [1.29, 1.82) is 0 Å². The molecule has 2 aliphatic heterocycles.